The van der Waals surface area contributed by atoms with Crippen LogP contribution in [0.5, 0.6) is 0 Å². The summed E-state index contributed by atoms with van der Waals surface area (Å²) in [5, 5.41) is 9.18. The molecule has 4 heteroatoms. The number of hydrogen-bond acceptors (Lipinski definition) is 2. The maximum atomic E-state index is 10.5. The molecule has 0 radical (unpaired) electrons. The fourth-order valence-electron chi connectivity index (χ4n) is 1.07. The standard InChI is InChI=1S/C10H10ClNO2/c11-9-3-1-7(2-4-9)8(6-12)5-10(13)14/h1-5H,6,12H2,(H,13,14)/b8-5-. The molecule has 1 rings (SSSR count). The first kappa shape index (κ1) is 10.8. The molecule has 0 bridgehead atoms. The Morgan fingerprint density at radius 3 is 2.43 bits per heavy atom. The van der Waals surface area contributed by atoms with Crippen LogP contribution in [0.15, 0.2) is 30.3 Å². The van der Waals surface area contributed by atoms with Crippen molar-refractivity contribution in [3.05, 3.63) is 40.9 Å². The van der Waals surface area contributed by atoms with Gasteiger partial charge in [-0.05, 0) is 23.3 Å². The summed E-state index contributed by atoms with van der Waals surface area (Å²) in [7, 11) is 0. The Balaban J connectivity index is 3.01. The fraction of sp³-hybridized carbons (Fsp3) is 0.100. The van der Waals surface area contributed by atoms with Crippen molar-refractivity contribution in [3.8, 4) is 0 Å². The van der Waals surface area contributed by atoms with Gasteiger partial charge in [0.1, 0.15) is 0 Å². The van der Waals surface area contributed by atoms with Crippen molar-refractivity contribution in [1.29, 1.82) is 0 Å². The number of hydrogen-bond donors (Lipinski definition) is 2. The van der Waals surface area contributed by atoms with Gasteiger partial charge in [-0.15, -0.1) is 0 Å². The molecule has 0 atom stereocenters. The van der Waals surface area contributed by atoms with E-state index in [1.165, 1.54) is 0 Å². The van der Waals surface area contributed by atoms with Crippen molar-refractivity contribution in [2.45, 2.75) is 0 Å². The minimum Gasteiger partial charge on any atom is -0.478 e. The predicted octanol–water partition coefficient (Wildman–Crippen LogP) is 1.77. The SMILES string of the molecule is NC/C(=C/C(=O)O)c1ccc(Cl)cc1. The van der Waals surface area contributed by atoms with Crippen LogP contribution < -0.4 is 5.73 Å². The van der Waals surface area contributed by atoms with Gasteiger partial charge in [0, 0.05) is 17.6 Å². The van der Waals surface area contributed by atoms with E-state index in [9.17, 15) is 4.79 Å². The first-order chi connectivity index (χ1) is 6.63. The Morgan fingerprint density at radius 2 is 2.00 bits per heavy atom. The third-order valence-electron chi connectivity index (χ3n) is 1.73. The van der Waals surface area contributed by atoms with Gasteiger partial charge >= 0.3 is 5.97 Å². The van der Waals surface area contributed by atoms with E-state index >= 15 is 0 Å². The molecule has 0 spiro atoms. The Bertz CT molecular complexity index is 357. The zero-order valence-corrected chi connectivity index (χ0v) is 8.16. The van der Waals surface area contributed by atoms with E-state index in [1.807, 2.05) is 0 Å². The van der Waals surface area contributed by atoms with Gasteiger partial charge in [0.25, 0.3) is 0 Å². The van der Waals surface area contributed by atoms with Crippen LogP contribution >= 0.6 is 11.6 Å². The minimum absolute atomic E-state index is 0.188. The van der Waals surface area contributed by atoms with Crippen LogP contribution in [0.4, 0.5) is 0 Å². The molecule has 14 heavy (non-hydrogen) atoms. The van der Waals surface area contributed by atoms with Crippen LogP contribution in [0.25, 0.3) is 5.57 Å². The number of rotatable bonds is 3. The lowest BCUT2D eigenvalue weighted by Gasteiger charge is -2.03. The van der Waals surface area contributed by atoms with Gasteiger partial charge in [0.2, 0.25) is 0 Å². The number of carbonyl (C=O) groups is 1. The maximum Gasteiger partial charge on any atom is 0.328 e. The highest BCUT2D eigenvalue weighted by Gasteiger charge is 2.01. The number of benzene rings is 1. The number of nitrogens with two attached hydrogens (primary N) is 1. The van der Waals surface area contributed by atoms with Crippen molar-refractivity contribution in [2.75, 3.05) is 6.54 Å². The molecule has 0 aromatic heterocycles. The van der Waals surface area contributed by atoms with Crippen molar-refractivity contribution in [2.24, 2.45) is 5.73 Å². The summed E-state index contributed by atoms with van der Waals surface area (Å²) in [4.78, 5) is 10.5. The molecule has 0 fully saturated rings. The first-order valence-electron chi connectivity index (χ1n) is 4.03. The highest BCUT2D eigenvalue weighted by Crippen LogP contribution is 2.16. The van der Waals surface area contributed by atoms with Gasteiger partial charge in [-0.25, -0.2) is 4.79 Å². The molecular weight excluding hydrogens is 202 g/mol. The average Bonchev–Trinajstić information content (AvgIpc) is 2.15. The van der Waals surface area contributed by atoms with Crippen molar-refractivity contribution in [1.82, 2.24) is 0 Å². The van der Waals surface area contributed by atoms with E-state index in [1.54, 1.807) is 24.3 Å². The topological polar surface area (TPSA) is 63.3 Å². The molecule has 0 saturated heterocycles. The van der Waals surface area contributed by atoms with Gasteiger partial charge < -0.3 is 10.8 Å². The van der Waals surface area contributed by atoms with Crippen molar-refractivity contribution >= 4 is 23.1 Å². The normalized spacial score (nSPS) is 11.4. The Morgan fingerprint density at radius 1 is 1.43 bits per heavy atom. The molecule has 0 aliphatic heterocycles. The smallest absolute Gasteiger partial charge is 0.328 e. The minimum atomic E-state index is -1.000. The van der Waals surface area contributed by atoms with Crippen LogP contribution in [-0.4, -0.2) is 17.6 Å². The Kier molecular flexibility index (Phi) is 3.68. The number of carboxylic acids is 1. The fourth-order valence-corrected chi connectivity index (χ4v) is 1.20. The van der Waals surface area contributed by atoms with Crippen LogP contribution in [0.3, 0.4) is 0 Å². The third kappa shape index (κ3) is 2.87. The van der Waals surface area contributed by atoms with Crippen LogP contribution in [0, 0.1) is 0 Å². The summed E-state index contributed by atoms with van der Waals surface area (Å²) in [5.74, 6) is -1.000. The lowest BCUT2D eigenvalue weighted by atomic mass is 10.1. The van der Waals surface area contributed by atoms with Gasteiger partial charge in [0.05, 0.1) is 0 Å². The predicted molar refractivity (Wildman–Crippen MR) is 56.1 cm³/mol. The van der Waals surface area contributed by atoms with E-state index in [0.29, 0.717) is 10.6 Å². The highest BCUT2D eigenvalue weighted by molar-refractivity contribution is 6.30. The van der Waals surface area contributed by atoms with Gasteiger partial charge in [-0.3, -0.25) is 0 Å². The number of aliphatic carboxylic acids is 1. The lowest BCUT2D eigenvalue weighted by Crippen LogP contribution is -2.04. The molecule has 3 nitrogen and oxygen atoms in total. The molecule has 0 heterocycles. The van der Waals surface area contributed by atoms with E-state index < -0.39 is 5.97 Å². The molecule has 0 amide bonds. The Labute approximate surface area is 86.8 Å². The lowest BCUT2D eigenvalue weighted by molar-refractivity contribution is -0.131. The molecule has 1 aromatic carbocycles. The summed E-state index contributed by atoms with van der Waals surface area (Å²) in [6.45, 7) is 0.188. The molecule has 0 aliphatic carbocycles. The molecule has 74 valence electrons. The maximum absolute atomic E-state index is 10.5. The molecule has 0 aliphatic rings. The molecular formula is C10H10ClNO2. The highest BCUT2D eigenvalue weighted by atomic mass is 35.5. The molecule has 3 N–H and O–H groups in total. The zero-order chi connectivity index (χ0) is 10.6. The van der Waals surface area contributed by atoms with Gasteiger partial charge in [-0.1, -0.05) is 23.7 Å². The summed E-state index contributed by atoms with van der Waals surface area (Å²) in [6.07, 6.45) is 1.10. The van der Waals surface area contributed by atoms with Crippen LogP contribution in [-0.2, 0) is 4.79 Å². The molecule has 0 saturated carbocycles. The van der Waals surface area contributed by atoms with E-state index in [0.717, 1.165) is 11.6 Å². The van der Waals surface area contributed by atoms with E-state index in [4.69, 9.17) is 22.4 Å². The second-order valence-corrected chi connectivity index (χ2v) is 3.16. The molecule has 1 aromatic rings. The van der Waals surface area contributed by atoms with Crippen molar-refractivity contribution in [3.63, 3.8) is 0 Å². The zero-order valence-electron chi connectivity index (χ0n) is 7.40. The quantitative estimate of drug-likeness (QED) is 0.749. The summed E-state index contributed by atoms with van der Waals surface area (Å²) < 4.78 is 0. The van der Waals surface area contributed by atoms with Crippen LogP contribution in [0.1, 0.15) is 5.56 Å². The van der Waals surface area contributed by atoms with Gasteiger partial charge in [-0.2, -0.15) is 0 Å². The number of halogens is 1. The van der Waals surface area contributed by atoms with E-state index in [-0.39, 0.29) is 6.54 Å². The van der Waals surface area contributed by atoms with Gasteiger partial charge in [0.15, 0.2) is 0 Å². The van der Waals surface area contributed by atoms with Crippen LogP contribution in [0.2, 0.25) is 5.02 Å². The summed E-state index contributed by atoms with van der Waals surface area (Å²) in [5.41, 5.74) is 6.78. The average molecular weight is 212 g/mol. The summed E-state index contributed by atoms with van der Waals surface area (Å²) in [6, 6.07) is 6.87. The number of carboxylic acid groups (broad SMARTS) is 1. The monoisotopic (exact) mass is 211 g/mol. The van der Waals surface area contributed by atoms with Crippen molar-refractivity contribution < 1.29 is 9.90 Å². The second kappa shape index (κ2) is 4.79. The summed E-state index contributed by atoms with van der Waals surface area (Å²) >= 11 is 5.70. The Hall–Kier alpha value is -1.32. The first-order valence-corrected chi connectivity index (χ1v) is 4.41. The van der Waals surface area contributed by atoms with E-state index in [2.05, 4.69) is 0 Å². The third-order valence-corrected chi connectivity index (χ3v) is 1.98. The molecule has 0 unspecified atom stereocenters. The largest absolute Gasteiger partial charge is 0.478 e. The second-order valence-electron chi connectivity index (χ2n) is 2.72.